The Kier molecular flexibility index (Phi) is 6.39. The van der Waals surface area contributed by atoms with Crippen LogP contribution in [0.4, 0.5) is 0 Å². The number of nitrogens with zero attached hydrogens (tertiary/aromatic N) is 3. The molecule has 0 radical (unpaired) electrons. The number of nitrogens with one attached hydrogen (secondary N) is 1. The van der Waals surface area contributed by atoms with Crippen LogP contribution in [0.3, 0.4) is 0 Å². The Morgan fingerprint density at radius 2 is 2.05 bits per heavy atom. The average Bonchev–Trinajstić information content (AvgIpc) is 2.89. The number of aromatic nitrogens is 3. The number of hydrogen-bond donors (Lipinski definition) is 1. The molecule has 4 nitrogen and oxygen atoms in total. The van der Waals surface area contributed by atoms with Gasteiger partial charge in [0.05, 0.1) is 22.4 Å². The van der Waals surface area contributed by atoms with Gasteiger partial charge in [-0.3, -0.25) is 9.67 Å². The van der Waals surface area contributed by atoms with E-state index in [1.165, 1.54) is 11.3 Å². The molecule has 2 rings (SSSR count). The first-order chi connectivity index (χ1) is 10.3. The molecule has 0 bridgehead atoms. The molecule has 0 fully saturated rings. The van der Waals surface area contributed by atoms with Gasteiger partial charge in [0.15, 0.2) is 0 Å². The first-order valence-corrected chi connectivity index (χ1v) is 8.39. The number of aryl methyl sites for hydroxylation is 2. The summed E-state index contributed by atoms with van der Waals surface area (Å²) < 4.78 is 3.16. The van der Waals surface area contributed by atoms with Gasteiger partial charge in [0.25, 0.3) is 0 Å². The van der Waals surface area contributed by atoms with Gasteiger partial charge < -0.3 is 5.32 Å². The molecule has 0 spiro atoms. The molecule has 114 valence electrons. The second-order valence-electron chi connectivity index (χ2n) is 5.09. The van der Waals surface area contributed by atoms with E-state index in [-0.39, 0.29) is 0 Å². The summed E-state index contributed by atoms with van der Waals surface area (Å²) in [5.74, 6) is 0. The van der Waals surface area contributed by atoms with Crippen molar-refractivity contribution in [3.05, 3.63) is 46.5 Å². The Labute approximate surface area is 135 Å². The van der Waals surface area contributed by atoms with Crippen molar-refractivity contribution >= 4 is 15.9 Å². The first kappa shape index (κ1) is 16.2. The lowest BCUT2D eigenvalue weighted by Crippen LogP contribution is -2.25. The van der Waals surface area contributed by atoms with Crippen LogP contribution < -0.4 is 5.32 Å². The van der Waals surface area contributed by atoms with Crippen molar-refractivity contribution in [3.8, 4) is 0 Å². The molecule has 0 saturated carbocycles. The fourth-order valence-corrected chi connectivity index (χ4v) is 3.06. The van der Waals surface area contributed by atoms with Crippen LogP contribution in [-0.4, -0.2) is 21.3 Å². The predicted octanol–water partition coefficient (Wildman–Crippen LogP) is 3.73. The molecule has 1 atom stereocenters. The molecule has 1 N–H and O–H groups in total. The van der Waals surface area contributed by atoms with Gasteiger partial charge in [-0.25, -0.2) is 0 Å². The minimum Gasteiger partial charge on any atom is -0.309 e. The van der Waals surface area contributed by atoms with E-state index < -0.39 is 0 Å². The Morgan fingerprint density at radius 1 is 1.29 bits per heavy atom. The average molecular weight is 351 g/mol. The summed E-state index contributed by atoms with van der Waals surface area (Å²) in [6.45, 7) is 6.23. The summed E-state index contributed by atoms with van der Waals surface area (Å²) >= 11 is 3.64. The molecule has 2 aromatic rings. The van der Waals surface area contributed by atoms with Gasteiger partial charge in [-0.1, -0.05) is 6.92 Å². The molecule has 0 aliphatic carbocycles. The summed E-state index contributed by atoms with van der Waals surface area (Å²) in [5.41, 5.74) is 2.58. The number of rotatable bonds is 8. The maximum absolute atomic E-state index is 4.44. The van der Waals surface area contributed by atoms with Gasteiger partial charge in [0, 0.05) is 18.9 Å². The highest BCUT2D eigenvalue weighted by molar-refractivity contribution is 9.10. The minimum absolute atomic E-state index is 0.315. The van der Waals surface area contributed by atoms with Crippen LogP contribution in [0, 0.1) is 0 Å². The topological polar surface area (TPSA) is 42.7 Å². The van der Waals surface area contributed by atoms with E-state index in [0.717, 1.165) is 36.8 Å². The standard InChI is InChI=1S/C16H23BrN4/c1-3-9-19-15(6-5-13-7-10-18-11-8-13)16-14(17)12-20-21(16)4-2/h7-8,10-12,15,19H,3-6,9H2,1-2H3. The van der Waals surface area contributed by atoms with Crippen LogP contribution in [0.25, 0.3) is 0 Å². The van der Waals surface area contributed by atoms with E-state index in [1.807, 2.05) is 18.6 Å². The van der Waals surface area contributed by atoms with Gasteiger partial charge in [-0.05, 0) is 66.4 Å². The highest BCUT2D eigenvalue weighted by Crippen LogP contribution is 2.27. The van der Waals surface area contributed by atoms with Crippen LogP contribution in [0.1, 0.15) is 44.0 Å². The van der Waals surface area contributed by atoms with E-state index in [1.54, 1.807) is 0 Å². The smallest absolute Gasteiger partial charge is 0.0695 e. The van der Waals surface area contributed by atoms with Crippen molar-refractivity contribution in [2.75, 3.05) is 6.54 Å². The molecule has 0 amide bonds. The van der Waals surface area contributed by atoms with Crippen molar-refractivity contribution in [2.45, 2.75) is 45.7 Å². The Morgan fingerprint density at radius 3 is 2.71 bits per heavy atom. The van der Waals surface area contributed by atoms with Crippen LogP contribution >= 0.6 is 15.9 Å². The molecular formula is C16H23BrN4. The summed E-state index contributed by atoms with van der Waals surface area (Å²) in [4.78, 5) is 4.08. The third-order valence-corrected chi connectivity index (χ3v) is 4.19. The monoisotopic (exact) mass is 350 g/mol. The zero-order valence-corrected chi connectivity index (χ0v) is 14.3. The molecule has 2 aromatic heterocycles. The van der Waals surface area contributed by atoms with E-state index in [2.05, 4.69) is 62.0 Å². The second kappa shape index (κ2) is 8.29. The predicted molar refractivity (Wildman–Crippen MR) is 89.2 cm³/mol. The summed E-state index contributed by atoms with van der Waals surface area (Å²) in [7, 11) is 0. The maximum atomic E-state index is 4.44. The fourth-order valence-electron chi connectivity index (χ4n) is 2.48. The Bertz CT molecular complexity index is 538. The molecule has 0 aliphatic heterocycles. The number of halogens is 1. The molecule has 2 heterocycles. The van der Waals surface area contributed by atoms with Crippen molar-refractivity contribution in [1.82, 2.24) is 20.1 Å². The second-order valence-corrected chi connectivity index (χ2v) is 5.95. The molecule has 1 unspecified atom stereocenters. The summed E-state index contributed by atoms with van der Waals surface area (Å²) in [6.07, 6.45) is 8.82. The number of pyridine rings is 1. The third kappa shape index (κ3) is 4.38. The molecule has 5 heteroatoms. The van der Waals surface area contributed by atoms with Gasteiger partial charge in [0.1, 0.15) is 0 Å². The number of hydrogen-bond acceptors (Lipinski definition) is 3. The zero-order chi connectivity index (χ0) is 15.1. The molecule has 0 aliphatic rings. The normalized spacial score (nSPS) is 12.5. The van der Waals surface area contributed by atoms with Gasteiger partial charge in [-0.2, -0.15) is 5.10 Å². The fraction of sp³-hybridized carbons (Fsp3) is 0.500. The lowest BCUT2D eigenvalue weighted by atomic mass is 10.0. The summed E-state index contributed by atoms with van der Waals surface area (Å²) in [6, 6.07) is 4.49. The van der Waals surface area contributed by atoms with Crippen LogP contribution in [0.2, 0.25) is 0 Å². The lowest BCUT2D eigenvalue weighted by molar-refractivity contribution is 0.455. The highest BCUT2D eigenvalue weighted by atomic mass is 79.9. The highest BCUT2D eigenvalue weighted by Gasteiger charge is 2.19. The molecular weight excluding hydrogens is 328 g/mol. The molecule has 21 heavy (non-hydrogen) atoms. The maximum Gasteiger partial charge on any atom is 0.0695 e. The van der Waals surface area contributed by atoms with E-state index in [0.29, 0.717) is 6.04 Å². The summed E-state index contributed by atoms with van der Waals surface area (Å²) in [5, 5.41) is 8.09. The molecule has 0 aromatic carbocycles. The van der Waals surface area contributed by atoms with Gasteiger partial charge >= 0.3 is 0 Å². The van der Waals surface area contributed by atoms with E-state index in [9.17, 15) is 0 Å². The Balaban J connectivity index is 2.12. The van der Waals surface area contributed by atoms with Crippen LogP contribution in [0.5, 0.6) is 0 Å². The zero-order valence-electron chi connectivity index (χ0n) is 12.7. The van der Waals surface area contributed by atoms with Crippen LogP contribution in [0.15, 0.2) is 35.2 Å². The SMILES string of the molecule is CCCNC(CCc1ccncc1)c1c(Br)cnn1CC. The van der Waals surface area contributed by atoms with Crippen LogP contribution in [-0.2, 0) is 13.0 Å². The van der Waals surface area contributed by atoms with Crippen molar-refractivity contribution in [2.24, 2.45) is 0 Å². The van der Waals surface area contributed by atoms with Crippen molar-refractivity contribution in [3.63, 3.8) is 0 Å². The largest absolute Gasteiger partial charge is 0.309 e. The van der Waals surface area contributed by atoms with E-state index >= 15 is 0 Å². The third-order valence-electron chi connectivity index (χ3n) is 3.57. The Hall–Kier alpha value is -1.20. The minimum atomic E-state index is 0.315. The van der Waals surface area contributed by atoms with Crippen molar-refractivity contribution < 1.29 is 0 Å². The van der Waals surface area contributed by atoms with Crippen molar-refractivity contribution in [1.29, 1.82) is 0 Å². The first-order valence-electron chi connectivity index (χ1n) is 7.59. The van der Waals surface area contributed by atoms with E-state index in [4.69, 9.17) is 0 Å². The quantitative estimate of drug-likeness (QED) is 0.788. The molecule has 0 saturated heterocycles. The lowest BCUT2D eigenvalue weighted by Gasteiger charge is -2.20. The van der Waals surface area contributed by atoms with Gasteiger partial charge in [-0.15, -0.1) is 0 Å². The van der Waals surface area contributed by atoms with Gasteiger partial charge in [0.2, 0.25) is 0 Å².